The largest absolute Gasteiger partial charge is 0.465 e. The van der Waals surface area contributed by atoms with Crippen LogP contribution in [0.2, 0.25) is 0 Å². The molecule has 0 saturated heterocycles. The molecule has 0 unspecified atom stereocenters. The summed E-state index contributed by atoms with van der Waals surface area (Å²) in [5, 5.41) is 3.38. The molecule has 3 aromatic rings. The Labute approximate surface area is 140 Å². The maximum Gasteiger partial charge on any atom is 0.337 e. The summed E-state index contributed by atoms with van der Waals surface area (Å²) < 4.78 is 4.70. The van der Waals surface area contributed by atoms with Crippen molar-refractivity contribution in [2.45, 2.75) is 6.54 Å². The van der Waals surface area contributed by atoms with Gasteiger partial charge in [0.2, 0.25) is 5.95 Å². The summed E-state index contributed by atoms with van der Waals surface area (Å²) in [7, 11) is 5.29. The van der Waals surface area contributed by atoms with Crippen molar-refractivity contribution in [3.8, 4) is 0 Å². The lowest BCUT2D eigenvalue weighted by Gasteiger charge is -2.07. The molecule has 0 radical (unpaired) electrons. The summed E-state index contributed by atoms with van der Waals surface area (Å²) >= 11 is 0. The Balaban J connectivity index is 1.69. The SMILES string of the molecule is COC(=O)c1ccc(CNc2ccc3nc(N(C)C)[nH]c3c2)cc1. The zero-order chi connectivity index (χ0) is 17.1. The number of nitrogens with one attached hydrogen (secondary N) is 2. The highest BCUT2D eigenvalue weighted by atomic mass is 16.5. The molecule has 0 bridgehead atoms. The standard InChI is InChI=1S/C18H20N4O2/c1-22(2)18-20-15-9-8-14(10-16(15)21-18)19-11-12-4-6-13(7-5-12)17(23)24-3/h4-10,19H,11H2,1-3H3,(H,20,21). The highest BCUT2D eigenvalue weighted by molar-refractivity contribution is 5.89. The first-order valence-electron chi connectivity index (χ1n) is 7.65. The van der Waals surface area contributed by atoms with Crippen LogP contribution < -0.4 is 10.2 Å². The second kappa shape index (κ2) is 6.62. The monoisotopic (exact) mass is 324 g/mol. The van der Waals surface area contributed by atoms with Gasteiger partial charge in [0.25, 0.3) is 0 Å². The van der Waals surface area contributed by atoms with E-state index in [9.17, 15) is 4.79 Å². The number of methoxy groups -OCH3 is 1. The van der Waals surface area contributed by atoms with Crippen LogP contribution in [0.5, 0.6) is 0 Å². The van der Waals surface area contributed by atoms with Crippen LogP contribution >= 0.6 is 0 Å². The van der Waals surface area contributed by atoms with Gasteiger partial charge in [-0.15, -0.1) is 0 Å². The van der Waals surface area contributed by atoms with Gasteiger partial charge < -0.3 is 19.9 Å². The molecule has 6 heteroatoms. The second-order valence-electron chi connectivity index (χ2n) is 5.73. The van der Waals surface area contributed by atoms with Gasteiger partial charge in [0.1, 0.15) is 0 Å². The third-order valence-corrected chi connectivity index (χ3v) is 3.76. The van der Waals surface area contributed by atoms with Gasteiger partial charge in [-0.3, -0.25) is 0 Å². The van der Waals surface area contributed by atoms with E-state index in [4.69, 9.17) is 4.74 Å². The van der Waals surface area contributed by atoms with Crippen LogP contribution in [-0.4, -0.2) is 37.1 Å². The zero-order valence-electron chi connectivity index (χ0n) is 14.0. The Morgan fingerprint density at radius 2 is 1.96 bits per heavy atom. The first-order chi connectivity index (χ1) is 11.6. The van der Waals surface area contributed by atoms with Crippen LogP contribution in [0, 0.1) is 0 Å². The van der Waals surface area contributed by atoms with Crippen molar-refractivity contribution in [3.05, 3.63) is 53.6 Å². The molecule has 3 rings (SSSR count). The highest BCUT2D eigenvalue weighted by Gasteiger charge is 2.06. The maximum absolute atomic E-state index is 11.4. The van der Waals surface area contributed by atoms with Crippen LogP contribution in [0.3, 0.4) is 0 Å². The first-order valence-corrected chi connectivity index (χ1v) is 7.65. The number of hydrogen-bond acceptors (Lipinski definition) is 5. The highest BCUT2D eigenvalue weighted by Crippen LogP contribution is 2.20. The number of imidazole rings is 1. The van der Waals surface area contributed by atoms with Crippen molar-refractivity contribution in [3.63, 3.8) is 0 Å². The normalized spacial score (nSPS) is 10.6. The Kier molecular flexibility index (Phi) is 4.37. The lowest BCUT2D eigenvalue weighted by molar-refractivity contribution is 0.0600. The fourth-order valence-corrected chi connectivity index (χ4v) is 2.40. The van der Waals surface area contributed by atoms with Crippen LogP contribution in [0.25, 0.3) is 11.0 Å². The molecule has 0 amide bonds. The number of carbonyl (C=O) groups excluding carboxylic acids is 1. The third kappa shape index (κ3) is 3.32. The van der Waals surface area contributed by atoms with Gasteiger partial charge in [0.15, 0.2) is 0 Å². The van der Waals surface area contributed by atoms with Crippen LogP contribution in [-0.2, 0) is 11.3 Å². The van der Waals surface area contributed by atoms with E-state index in [0.29, 0.717) is 12.1 Å². The molecule has 24 heavy (non-hydrogen) atoms. The third-order valence-electron chi connectivity index (χ3n) is 3.76. The Morgan fingerprint density at radius 3 is 2.62 bits per heavy atom. The number of aromatic nitrogens is 2. The van der Waals surface area contributed by atoms with Crippen molar-refractivity contribution in [2.75, 3.05) is 31.4 Å². The van der Waals surface area contributed by atoms with E-state index in [1.807, 2.05) is 49.3 Å². The van der Waals surface area contributed by atoms with Crippen LogP contribution in [0.15, 0.2) is 42.5 Å². The van der Waals surface area contributed by atoms with Crippen molar-refractivity contribution in [2.24, 2.45) is 0 Å². The maximum atomic E-state index is 11.4. The van der Waals surface area contributed by atoms with Gasteiger partial charge in [-0.05, 0) is 35.9 Å². The van der Waals surface area contributed by atoms with Crippen molar-refractivity contribution >= 4 is 28.6 Å². The lowest BCUT2D eigenvalue weighted by Crippen LogP contribution is -2.09. The number of anilines is 2. The number of H-pyrrole nitrogens is 1. The topological polar surface area (TPSA) is 70.2 Å². The predicted octanol–water partition coefficient (Wildman–Crippen LogP) is 3.03. The minimum atomic E-state index is -0.323. The number of ether oxygens (including phenoxy) is 1. The van der Waals surface area contributed by atoms with Gasteiger partial charge in [-0.25, -0.2) is 9.78 Å². The van der Waals surface area contributed by atoms with Gasteiger partial charge in [0.05, 0.1) is 23.7 Å². The minimum Gasteiger partial charge on any atom is -0.465 e. The van der Waals surface area contributed by atoms with E-state index in [0.717, 1.165) is 28.2 Å². The van der Waals surface area contributed by atoms with Crippen molar-refractivity contribution < 1.29 is 9.53 Å². The van der Waals surface area contributed by atoms with Gasteiger partial charge in [0, 0.05) is 26.3 Å². The number of benzene rings is 2. The molecule has 0 aliphatic heterocycles. The molecule has 1 aromatic heterocycles. The molecule has 0 atom stereocenters. The number of esters is 1. The van der Waals surface area contributed by atoms with E-state index in [-0.39, 0.29) is 5.97 Å². The predicted molar refractivity (Wildman–Crippen MR) is 95.5 cm³/mol. The average molecular weight is 324 g/mol. The molecule has 124 valence electrons. The number of rotatable bonds is 5. The molecule has 6 nitrogen and oxygen atoms in total. The minimum absolute atomic E-state index is 0.323. The molecule has 0 aliphatic rings. The molecule has 1 heterocycles. The number of fused-ring (bicyclic) bond motifs is 1. The number of hydrogen-bond donors (Lipinski definition) is 2. The summed E-state index contributed by atoms with van der Waals surface area (Å²) in [6.45, 7) is 0.668. The van der Waals surface area contributed by atoms with Crippen LogP contribution in [0.1, 0.15) is 15.9 Å². The van der Waals surface area contributed by atoms with Crippen molar-refractivity contribution in [1.82, 2.24) is 9.97 Å². The number of aromatic amines is 1. The molecule has 2 N–H and O–H groups in total. The fraction of sp³-hybridized carbons (Fsp3) is 0.222. The molecule has 0 spiro atoms. The summed E-state index contributed by atoms with van der Waals surface area (Å²) in [5.41, 5.74) is 4.57. The second-order valence-corrected chi connectivity index (χ2v) is 5.73. The lowest BCUT2D eigenvalue weighted by atomic mass is 10.1. The van der Waals surface area contributed by atoms with E-state index >= 15 is 0 Å². The van der Waals surface area contributed by atoms with E-state index in [1.165, 1.54) is 7.11 Å². The summed E-state index contributed by atoms with van der Waals surface area (Å²) in [6.07, 6.45) is 0. The Morgan fingerprint density at radius 1 is 1.21 bits per heavy atom. The van der Waals surface area contributed by atoms with Crippen molar-refractivity contribution in [1.29, 1.82) is 0 Å². The van der Waals surface area contributed by atoms with Gasteiger partial charge in [-0.1, -0.05) is 12.1 Å². The van der Waals surface area contributed by atoms with E-state index in [2.05, 4.69) is 15.3 Å². The summed E-state index contributed by atoms with van der Waals surface area (Å²) in [6, 6.07) is 13.4. The average Bonchev–Trinajstić information content (AvgIpc) is 3.03. The Hall–Kier alpha value is -3.02. The van der Waals surface area contributed by atoms with Gasteiger partial charge in [-0.2, -0.15) is 0 Å². The van der Waals surface area contributed by atoms with E-state index < -0.39 is 0 Å². The van der Waals surface area contributed by atoms with Gasteiger partial charge >= 0.3 is 5.97 Å². The van der Waals surface area contributed by atoms with E-state index in [1.54, 1.807) is 12.1 Å². The molecular weight excluding hydrogens is 304 g/mol. The fourth-order valence-electron chi connectivity index (χ4n) is 2.40. The smallest absolute Gasteiger partial charge is 0.337 e. The Bertz CT molecular complexity index is 853. The molecule has 2 aromatic carbocycles. The molecule has 0 aliphatic carbocycles. The quantitative estimate of drug-likeness (QED) is 0.706. The molecule has 0 saturated carbocycles. The zero-order valence-corrected chi connectivity index (χ0v) is 14.0. The molecular formula is C18H20N4O2. The molecule has 0 fully saturated rings. The summed E-state index contributed by atoms with van der Waals surface area (Å²) in [4.78, 5) is 21.2. The van der Waals surface area contributed by atoms with Crippen LogP contribution in [0.4, 0.5) is 11.6 Å². The first kappa shape index (κ1) is 15.9. The number of carbonyl (C=O) groups is 1. The summed E-state index contributed by atoms with van der Waals surface area (Å²) in [5.74, 6) is 0.511. The number of nitrogens with zero attached hydrogens (tertiary/aromatic N) is 2.